The van der Waals surface area contributed by atoms with Crippen LogP contribution in [0.25, 0.3) is 0 Å². The minimum absolute atomic E-state index is 0.0573. The molecule has 0 aliphatic carbocycles. The topological polar surface area (TPSA) is 143 Å². The highest BCUT2D eigenvalue weighted by atomic mass is 32.1. The Morgan fingerprint density at radius 2 is 2.03 bits per heavy atom. The number of amides is 1. The molecule has 3 N–H and O–H groups in total. The first-order chi connectivity index (χ1) is 17.5. The lowest BCUT2D eigenvalue weighted by Crippen LogP contribution is -2.59. The molecule has 4 aliphatic rings. The Kier molecular flexibility index (Phi) is 6.05. The van der Waals surface area contributed by atoms with Crippen molar-refractivity contribution < 1.29 is 19.5 Å². The molecule has 13 heteroatoms. The molecule has 1 unspecified atom stereocenters. The van der Waals surface area contributed by atoms with Crippen LogP contribution in [0.5, 0.6) is 0 Å². The molecule has 4 aliphatic heterocycles. The van der Waals surface area contributed by atoms with Crippen molar-refractivity contribution in [2.24, 2.45) is 11.0 Å². The maximum absolute atomic E-state index is 13.0. The van der Waals surface area contributed by atoms with Gasteiger partial charge in [-0.1, -0.05) is 0 Å². The largest absolute Gasteiger partial charge is 0.477 e. The number of nitrogens with one attached hydrogen (secondary N) is 2. The van der Waals surface area contributed by atoms with Gasteiger partial charge in [0.25, 0.3) is 0 Å². The fourth-order valence-electron chi connectivity index (χ4n) is 5.22. The number of hydrogen-bond donors (Lipinski definition) is 3. The second-order valence-corrected chi connectivity index (χ2v) is 11.3. The Morgan fingerprint density at radius 1 is 1.30 bits per heavy atom. The van der Waals surface area contributed by atoms with E-state index in [1.807, 2.05) is 16.0 Å². The molecule has 1 saturated heterocycles. The van der Waals surface area contributed by atoms with Crippen LogP contribution < -0.4 is 15.5 Å². The van der Waals surface area contributed by atoms with Crippen LogP contribution in [-0.2, 0) is 14.4 Å². The molecule has 5 rings (SSSR count). The number of aliphatic carboxylic acids is 1. The monoisotopic (exact) mass is 526 g/mol. The summed E-state index contributed by atoms with van der Waals surface area (Å²) in [7, 11) is 0. The van der Waals surface area contributed by atoms with Crippen molar-refractivity contribution in [3.63, 3.8) is 0 Å². The third-order valence-electron chi connectivity index (χ3n) is 6.97. The zero-order valence-electron chi connectivity index (χ0n) is 21.3. The molecule has 37 heavy (non-hydrogen) atoms. The summed E-state index contributed by atoms with van der Waals surface area (Å²) in [6.45, 7) is 11.2. The number of anilines is 1. The maximum atomic E-state index is 13.0. The molecule has 196 valence electrons. The molecule has 0 spiro atoms. The van der Waals surface area contributed by atoms with Gasteiger partial charge in [0.05, 0.1) is 11.5 Å². The first kappa shape index (κ1) is 24.9. The number of ketones is 1. The third kappa shape index (κ3) is 4.37. The van der Waals surface area contributed by atoms with E-state index in [-0.39, 0.29) is 29.0 Å². The van der Waals surface area contributed by atoms with E-state index in [0.717, 1.165) is 17.4 Å². The number of carbonyl (C=O) groups excluding carboxylic acids is 2. The van der Waals surface area contributed by atoms with Gasteiger partial charge in [0.2, 0.25) is 16.8 Å². The Morgan fingerprint density at radius 3 is 2.62 bits per heavy atom. The number of Topliss-reactive ketones (excluding diaryl/α,β-unsaturated/α-hetero) is 1. The van der Waals surface area contributed by atoms with Gasteiger partial charge in [-0.05, 0) is 46.3 Å². The van der Waals surface area contributed by atoms with Gasteiger partial charge in [-0.25, -0.2) is 9.78 Å². The Bertz CT molecular complexity index is 1270. The van der Waals surface area contributed by atoms with Crippen molar-refractivity contribution in [2.45, 2.75) is 58.8 Å². The van der Waals surface area contributed by atoms with E-state index in [0.29, 0.717) is 41.6 Å². The first-order valence-electron chi connectivity index (χ1n) is 12.1. The molecule has 1 aromatic heterocycles. The second kappa shape index (κ2) is 8.98. The molecule has 12 nitrogen and oxygen atoms in total. The summed E-state index contributed by atoms with van der Waals surface area (Å²) in [6.07, 6.45) is 4.56. The number of likely N-dealkylation sites (tertiary alicyclic amines) is 1. The number of hydrogen-bond acceptors (Lipinski definition) is 11. The number of carboxylic acids is 1. The molecule has 1 amide bonds. The lowest BCUT2D eigenvalue weighted by molar-refractivity contribution is -0.134. The summed E-state index contributed by atoms with van der Waals surface area (Å²) >= 11 is 1.10. The highest BCUT2D eigenvalue weighted by Crippen LogP contribution is 2.35. The standard InChI is InChI=1S/C24H30N8O4S/c1-12(2)32-24(4,5)7-16(29-32)27-21(34)14-8-30(9-14)17-6-13(3)18-19(33)15(22(35)36)10-31(20(18)28-17)23-25-11-26-37-23/h6,10-12,14,20,28H,7-9H2,1-5H3,(H,35,36)(H,27,29,34). The van der Waals surface area contributed by atoms with Crippen molar-refractivity contribution in [3.05, 3.63) is 41.1 Å². The van der Waals surface area contributed by atoms with Crippen LogP contribution in [0.2, 0.25) is 0 Å². The van der Waals surface area contributed by atoms with Crippen molar-refractivity contribution >= 4 is 40.2 Å². The molecule has 1 aromatic rings. The predicted molar refractivity (Wildman–Crippen MR) is 137 cm³/mol. The fraction of sp³-hybridized carbons (Fsp3) is 0.500. The van der Waals surface area contributed by atoms with Crippen molar-refractivity contribution in [1.82, 2.24) is 29.9 Å². The van der Waals surface area contributed by atoms with Crippen LogP contribution in [-0.4, -0.2) is 78.7 Å². The van der Waals surface area contributed by atoms with Gasteiger partial charge < -0.3 is 20.6 Å². The predicted octanol–water partition coefficient (Wildman–Crippen LogP) is 1.24. The van der Waals surface area contributed by atoms with Crippen molar-refractivity contribution in [1.29, 1.82) is 0 Å². The highest BCUT2D eigenvalue weighted by molar-refractivity contribution is 7.09. The molecular weight excluding hydrogens is 496 g/mol. The molecule has 1 atom stereocenters. The number of rotatable bonds is 5. The van der Waals surface area contributed by atoms with Crippen molar-refractivity contribution in [2.75, 3.05) is 18.0 Å². The molecule has 0 saturated carbocycles. The maximum Gasteiger partial charge on any atom is 0.341 e. The lowest BCUT2D eigenvalue weighted by Gasteiger charge is -2.46. The lowest BCUT2D eigenvalue weighted by atomic mass is 9.90. The van der Waals surface area contributed by atoms with Crippen LogP contribution in [0.15, 0.2) is 46.2 Å². The van der Waals surface area contributed by atoms with Gasteiger partial charge in [0, 0.05) is 48.9 Å². The molecule has 0 aromatic carbocycles. The van der Waals surface area contributed by atoms with Crippen LogP contribution in [0, 0.1) is 5.92 Å². The van der Waals surface area contributed by atoms with Gasteiger partial charge in [0.15, 0.2) is 0 Å². The molecule has 5 heterocycles. The van der Waals surface area contributed by atoms with Crippen LogP contribution in [0.4, 0.5) is 5.13 Å². The Hall–Kier alpha value is -3.74. The average molecular weight is 527 g/mol. The third-order valence-corrected chi connectivity index (χ3v) is 7.65. The smallest absolute Gasteiger partial charge is 0.341 e. The summed E-state index contributed by atoms with van der Waals surface area (Å²) in [5, 5.41) is 23.1. The molecule has 1 fully saturated rings. The first-order valence-corrected chi connectivity index (χ1v) is 12.9. The number of nitrogens with zero attached hydrogens (tertiary/aromatic N) is 6. The van der Waals surface area contributed by atoms with Crippen LogP contribution in [0.1, 0.15) is 41.0 Å². The normalized spacial score (nSPS) is 23.3. The Labute approximate surface area is 218 Å². The van der Waals surface area contributed by atoms with Gasteiger partial charge in [0.1, 0.15) is 29.7 Å². The molecule has 0 radical (unpaired) electrons. The van der Waals surface area contributed by atoms with Gasteiger partial charge in [-0.3, -0.25) is 19.5 Å². The second-order valence-electron chi connectivity index (χ2n) is 10.5. The zero-order valence-corrected chi connectivity index (χ0v) is 22.2. The summed E-state index contributed by atoms with van der Waals surface area (Å²) < 4.78 is 4.02. The minimum Gasteiger partial charge on any atom is -0.477 e. The molecular formula is C24H30N8O4S. The number of allylic oxidation sites excluding steroid dienone is 2. The van der Waals surface area contributed by atoms with E-state index in [1.165, 1.54) is 12.5 Å². The summed E-state index contributed by atoms with van der Waals surface area (Å²) in [5.74, 6) is -0.632. The number of carboxylic acid groups (broad SMARTS) is 1. The quantitative estimate of drug-likeness (QED) is 0.480. The zero-order chi connectivity index (χ0) is 26.6. The van der Waals surface area contributed by atoms with E-state index in [4.69, 9.17) is 0 Å². The number of aromatic nitrogens is 2. The fourth-order valence-corrected chi connectivity index (χ4v) is 5.76. The number of fused-ring (bicyclic) bond motifs is 1. The van der Waals surface area contributed by atoms with Gasteiger partial charge >= 0.3 is 5.97 Å². The van der Waals surface area contributed by atoms with Crippen LogP contribution >= 0.6 is 11.5 Å². The average Bonchev–Trinajstić information content (AvgIpc) is 3.39. The van der Waals surface area contributed by atoms with E-state index in [9.17, 15) is 19.5 Å². The Balaban J connectivity index is 1.29. The number of carbonyl (C=O) groups is 3. The minimum atomic E-state index is -1.29. The van der Waals surface area contributed by atoms with E-state index >= 15 is 0 Å². The SMILES string of the molecule is CC1=C2C(=O)C(C(=O)O)=CN(c3ncns3)C2NC(N2CC(C(=O)NC3=NN(C(C)C)C(C)(C)C3)C2)=C1. The summed E-state index contributed by atoms with van der Waals surface area (Å²) in [5.41, 5.74) is 0.542. The van der Waals surface area contributed by atoms with E-state index < -0.39 is 17.9 Å². The van der Waals surface area contributed by atoms with E-state index in [2.05, 4.69) is 52.8 Å². The summed E-state index contributed by atoms with van der Waals surface area (Å²) in [6, 6.07) is 0.238. The number of amidine groups is 1. The number of dihydropyridines is 1. The van der Waals surface area contributed by atoms with Gasteiger partial charge in [-0.15, -0.1) is 0 Å². The van der Waals surface area contributed by atoms with Gasteiger partial charge in [-0.2, -0.15) is 9.47 Å². The van der Waals surface area contributed by atoms with Crippen molar-refractivity contribution in [3.8, 4) is 0 Å². The molecule has 0 bridgehead atoms. The summed E-state index contributed by atoms with van der Waals surface area (Å²) in [4.78, 5) is 45.5. The highest BCUT2D eigenvalue weighted by Gasteiger charge is 2.43. The number of hydrazone groups is 1. The van der Waals surface area contributed by atoms with Crippen LogP contribution in [0.3, 0.4) is 0 Å². The van der Waals surface area contributed by atoms with E-state index in [1.54, 1.807) is 11.8 Å².